The minimum atomic E-state index is 0.473. The summed E-state index contributed by atoms with van der Waals surface area (Å²) >= 11 is 0. The van der Waals surface area contributed by atoms with Crippen LogP contribution in [0.25, 0.3) is 0 Å². The Morgan fingerprint density at radius 1 is 1.33 bits per heavy atom. The summed E-state index contributed by atoms with van der Waals surface area (Å²) < 4.78 is 8.08. The topological polar surface area (TPSA) is 30.3 Å². The number of ether oxygens (including phenoxy) is 1. The summed E-state index contributed by atoms with van der Waals surface area (Å²) in [4.78, 5) is 7.16. The summed E-state index contributed by atoms with van der Waals surface area (Å²) in [7, 11) is 2.11. The van der Waals surface area contributed by atoms with E-state index in [1.54, 1.807) is 0 Å². The van der Waals surface area contributed by atoms with Crippen molar-refractivity contribution in [3.8, 4) is 0 Å². The Hall–Kier alpha value is -0.870. The lowest BCUT2D eigenvalue weighted by Crippen LogP contribution is -2.43. The lowest BCUT2D eigenvalue weighted by molar-refractivity contribution is -0.0427. The van der Waals surface area contributed by atoms with Gasteiger partial charge in [-0.15, -0.1) is 0 Å². The second-order valence-corrected chi connectivity index (χ2v) is 5.74. The van der Waals surface area contributed by atoms with Crippen LogP contribution in [0.15, 0.2) is 0 Å². The first kappa shape index (κ1) is 12.2. The molecule has 2 aliphatic rings. The van der Waals surface area contributed by atoms with Gasteiger partial charge in [-0.1, -0.05) is 0 Å². The quantitative estimate of drug-likeness (QED) is 0.816. The van der Waals surface area contributed by atoms with Gasteiger partial charge >= 0.3 is 0 Å². The molecule has 1 aromatic rings. The molecule has 1 aliphatic heterocycles. The van der Waals surface area contributed by atoms with Crippen molar-refractivity contribution >= 4 is 0 Å². The smallest absolute Gasteiger partial charge is 0.123 e. The average Bonchev–Trinajstić information content (AvgIpc) is 3.17. The van der Waals surface area contributed by atoms with Gasteiger partial charge < -0.3 is 9.30 Å². The first-order valence-electron chi connectivity index (χ1n) is 6.98. The number of nitrogens with zero attached hydrogens (tertiary/aromatic N) is 3. The Morgan fingerprint density at radius 3 is 2.72 bits per heavy atom. The summed E-state index contributed by atoms with van der Waals surface area (Å²) in [5.41, 5.74) is 2.43. The molecule has 0 aromatic carbocycles. The van der Waals surface area contributed by atoms with E-state index >= 15 is 0 Å². The summed E-state index contributed by atoms with van der Waals surface area (Å²) in [6.45, 7) is 8.18. The molecule has 1 saturated heterocycles. The van der Waals surface area contributed by atoms with Crippen LogP contribution < -0.4 is 0 Å². The van der Waals surface area contributed by atoms with Crippen LogP contribution in [0.2, 0.25) is 0 Å². The molecule has 3 rings (SSSR count). The van der Waals surface area contributed by atoms with Crippen molar-refractivity contribution in [1.29, 1.82) is 0 Å². The predicted molar refractivity (Wildman–Crippen MR) is 70.4 cm³/mol. The first-order valence-corrected chi connectivity index (χ1v) is 6.98. The highest BCUT2D eigenvalue weighted by Gasteiger charge is 2.35. The van der Waals surface area contributed by atoms with Crippen LogP contribution in [0.1, 0.15) is 30.1 Å². The maximum Gasteiger partial charge on any atom is 0.123 e. The summed E-state index contributed by atoms with van der Waals surface area (Å²) in [5.74, 6) is 2.01. The third-order valence-corrected chi connectivity index (χ3v) is 4.40. The fourth-order valence-electron chi connectivity index (χ4n) is 2.76. The largest absolute Gasteiger partial charge is 0.375 e. The van der Waals surface area contributed by atoms with Crippen LogP contribution >= 0.6 is 0 Å². The molecule has 2 heterocycles. The van der Waals surface area contributed by atoms with Gasteiger partial charge in [-0.2, -0.15) is 0 Å². The second kappa shape index (κ2) is 4.67. The van der Waals surface area contributed by atoms with E-state index in [0.29, 0.717) is 6.10 Å². The molecule has 0 unspecified atom stereocenters. The van der Waals surface area contributed by atoms with Gasteiger partial charge in [0, 0.05) is 25.8 Å². The highest BCUT2D eigenvalue weighted by atomic mass is 16.5. The van der Waals surface area contributed by atoms with E-state index in [0.717, 1.165) is 37.9 Å². The number of morpholine rings is 1. The van der Waals surface area contributed by atoms with Gasteiger partial charge in [-0.3, -0.25) is 4.90 Å². The van der Waals surface area contributed by atoms with Crippen LogP contribution in [0.5, 0.6) is 0 Å². The molecule has 1 aliphatic carbocycles. The van der Waals surface area contributed by atoms with Gasteiger partial charge in [0.05, 0.1) is 24.9 Å². The number of imidazole rings is 1. The number of rotatable bonds is 3. The average molecular weight is 249 g/mol. The lowest BCUT2D eigenvalue weighted by Gasteiger charge is -2.32. The zero-order valence-corrected chi connectivity index (χ0v) is 11.6. The molecule has 0 bridgehead atoms. The maximum absolute atomic E-state index is 5.86. The van der Waals surface area contributed by atoms with Gasteiger partial charge in [0.25, 0.3) is 0 Å². The molecule has 4 heteroatoms. The molecule has 0 amide bonds. The second-order valence-electron chi connectivity index (χ2n) is 5.74. The molecule has 0 radical (unpaired) electrons. The van der Waals surface area contributed by atoms with Crippen LogP contribution in [-0.4, -0.2) is 40.3 Å². The highest BCUT2D eigenvalue weighted by Crippen LogP contribution is 2.35. The zero-order valence-electron chi connectivity index (χ0n) is 11.6. The van der Waals surface area contributed by atoms with Crippen molar-refractivity contribution in [3.05, 3.63) is 17.2 Å². The van der Waals surface area contributed by atoms with E-state index in [2.05, 4.69) is 35.3 Å². The molecule has 0 spiro atoms. The van der Waals surface area contributed by atoms with Gasteiger partial charge in [0.15, 0.2) is 0 Å². The molecule has 1 saturated carbocycles. The Bertz CT molecular complexity index is 436. The molecule has 1 atom stereocenters. The molecule has 1 aromatic heterocycles. The number of aromatic nitrogens is 2. The van der Waals surface area contributed by atoms with Crippen molar-refractivity contribution in [1.82, 2.24) is 14.5 Å². The van der Waals surface area contributed by atoms with Crippen molar-refractivity contribution in [2.75, 3.05) is 19.7 Å². The SMILES string of the molecule is Cc1nc(CN2CCO[C@H](C3CC3)C2)n(C)c1C. The molecule has 0 N–H and O–H groups in total. The van der Waals surface area contributed by atoms with Crippen molar-refractivity contribution in [2.45, 2.75) is 39.3 Å². The number of hydrogen-bond acceptors (Lipinski definition) is 3. The Balaban J connectivity index is 1.66. The van der Waals surface area contributed by atoms with E-state index in [4.69, 9.17) is 4.74 Å². The van der Waals surface area contributed by atoms with Crippen LogP contribution in [0.3, 0.4) is 0 Å². The third kappa shape index (κ3) is 2.31. The molecule has 18 heavy (non-hydrogen) atoms. The molecular weight excluding hydrogens is 226 g/mol. The first-order chi connectivity index (χ1) is 8.65. The normalized spacial score (nSPS) is 25.6. The van der Waals surface area contributed by atoms with Gasteiger partial charge in [-0.25, -0.2) is 4.98 Å². The number of hydrogen-bond donors (Lipinski definition) is 0. The van der Waals surface area contributed by atoms with E-state index in [1.165, 1.54) is 24.4 Å². The maximum atomic E-state index is 5.86. The third-order valence-electron chi connectivity index (χ3n) is 4.40. The number of aryl methyl sites for hydroxylation is 1. The standard InChI is InChI=1S/C14H23N3O/c1-10-11(2)16(3)14(15-10)9-17-6-7-18-13(8-17)12-4-5-12/h12-13H,4-9H2,1-3H3/t13-/m0/s1. The van der Waals surface area contributed by atoms with Crippen molar-refractivity contribution < 1.29 is 4.74 Å². The Labute approximate surface area is 109 Å². The zero-order chi connectivity index (χ0) is 12.7. The van der Waals surface area contributed by atoms with Gasteiger partial charge in [0.1, 0.15) is 5.82 Å². The predicted octanol–water partition coefficient (Wildman–Crippen LogP) is 1.65. The molecule has 100 valence electrons. The molecule has 4 nitrogen and oxygen atoms in total. The van der Waals surface area contributed by atoms with E-state index in [1.807, 2.05) is 0 Å². The minimum Gasteiger partial charge on any atom is -0.375 e. The summed E-state index contributed by atoms with van der Waals surface area (Å²) in [6.07, 6.45) is 3.19. The monoisotopic (exact) mass is 249 g/mol. The highest BCUT2D eigenvalue weighted by molar-refractivity contribution is 5.13. The van der Waals surface area contributed by atoms with Gasteiger partial charge in [0.2, 0.25) is 0 Å². The van der Waals surface area contributed by atoms with Crippen LogP contribution in [0.4, 0.5) is 0 Å². The fourth-order valence-corrected chi connectivity index (χ4v) is 2.76. The van der Waals surface area contributed by atoms with Crippen LogP contribution in [0, 0.1) is 19.8 Å². The van der Waals surface area contributed by atoms with E-state index < -0.39 is 0 Å². The fraction of sp³-hybridized carbons (Fsp3) is 0.786. The Kier molecular flexibility index (Phi) is 3.16. The summed E-state index contributed by atoms with van der Waals surface area (Å²) in [5, 5.41) is 0. The van der Waals surface area contributed by atoms with Crippen LogP contribution in [-0.2, 0) is 18.3 Å². The molecule has 2 fully saturated rings. The van der Waals surface area contributed by atoms with Crippen molar-refractivity contribution in [2.24, 2.45) is 13.0 Å². The molecular formula is C14H23N3O. The minimum absolute atomic E-state index is 0.473. The van der Waals surface area contributed by atoms with E-state index in [-0.39, 0.29) is 0 Å². The van der Waals surface area contributed by atoms with Gasteiger partial charge in [-0.05, 0) is 32.6 Å². The Morgan fingerprint density at radius 2 is 2.11 bits per heavy atom. The van der Waals surface area contributed by atoms with E-state index in [9.17, 15) is 0 Å². The summed E-state index contributed by atoms with van der Waals surface area (Å²) in [6, 6.07) is 0. The lowest BCUT2D eigenvalue weighted by atomic mass is 10.2. The van der Waals surface area contributed by atoms with Crippen molar-refractivity contribution in [3.63, 3.8) is 0 Å².